The summed E-state index contributed by atoms with van der Waals surface area (Å²) in [5.74, 6) is -0.974. The minimum atomic E-state index is -0.395. The minimum Gasteiger partial charge on any atom is -0.461 e. The van der Waals surface area contributed by atoms with E-state index in [1.165, 1.54) is 0 Å². The number of benzene rings is 1. The molecule has 0 spiro atoms. The molecular formula is C16H24N2O3. The maximum atomic E-state index is 12.0. The first kappa shape index (κ1) is 17.2. The number of ether oxygens (including phenoxy) is 1. The third kappa shape index (κ3) is 6.40. The van der Waals surface area contributed by atoms with Crippen molar-refractivity contribution >= 4 is 11.9 Å². The quantitative estimate of drug-likeness (QED) is 0.738. The van der Waals surface area contributed by atoms with Gasteiger partial charge in [0, 0.05) is 12.6 Å². The molecule has 1 atom stereocenters. The number of rotatable bonds is 8. The average molecular weight is 292 g/mol. The second-order valence-electron chi connectivity index (χ2n) is 5.48. The molecule has 0 heterocycles. The summed E-state index contributed by atoms with van der Waals surface area (Å²) in [6, 6.07) is 9.68. The van der Waals surface area contributed by atoms with Crippen molar-refractivity contribution in [2.24, 2.45) is 11.7 Å². The van der Waals surface area contributed by atoms with Crippen molar-refractivity contribution in [3.05, 3.63) is 35.9 Å². The lowest BCUT2D eigenvalue weighted by atomic mass is 10.1. The fraction of sp³-hybridized carbons (Fsp3) is 0.500. The largest absolute Gasteiger partial charge is 0.461 e. The Morgan fingerprint density at radius 3 is 2.33 bits per heavy atom. The van der Waals surface area contributed by atoms with Crippen molar-refractivity contribution in [2.75, 3.05) is 13.1 Å². The zero-order valence-electron chi connectivity index (χ0n) is 12.9. The summed E-state index contributed by atoms with van der Waals surface area (Å²) in [5.41, 5.74) is 6.18. The SMILES string of the molecule is CC(CN(CC(N)=O)C(C)C)C(=O)OCc1ccccc1. The Kier molecular flexibility index (Phi) is 6.88. The van der Waals surface area contributed by atoms with Gasteiger partial charge in [-0.25, -0.2) is 0 Å². The molecule has 1 amide bonds. The van der Waals surface area contributed by atoms with E-state index in [0.717, 1.165) is 5.56 Å². The molecule has 0 aromatic heterocycles. The number of amides is 1. The molecule has 0 radical (unpaired) electrons. The van der Waals surface area contributed by atoms with Crippen molar-refractivity contribution in [3.8, 4) is 0 Å². The van der Waals surface area contributed by atoms with E-state index in [4.69, 9.17) is 10.5 Å². The van der Waals surface area contributed by atoms with Crippen LogP contribution in [0.4, 0.5) is 0 Å². The third-order valence-electron chi connectivity index (χ3n) is 3.22. The smallest absolute Gasteiger partial charge is 0.310 e. The number of carbonyl (C=O) groups excluding carboxylic acids is 2. The molecular weight excluding hydrogens is 268 g/mol. The number of hydrogen-bond acceptors (Lipinski definition) is 4. The van der Waals surface area contributed by atoms with E-state index in [-0.39, 0.29) is 31.1 Å². The van der Waals surface area contributed by atoms with Gasteiger partial charge in [-0.2, -0.15) is 0 Å². The summed E-state index contributed by atoms with van der Waals surface area (Å²) in [5, 5.41) is 0. The van der Waals surface area contributed by atoms with E-state index >= 15 is 0 Å². The second-order valence-corrected chi connectivity index (χ2v) is 5.48. The van der Waals surface area contributed by atoms with Gasteiger partial charge in [-0.3, -0.25) is 14.5 Å². The van der Waals surface area contributed by atoms with Crippen molar-refractivity contribution in [3.63, 3.8) is 0 Å². The van der Waals surface area contributed by atoms with Gasteiger partial charge in [0.2, 0.25) is 5.91 Å². The monoisotopic (exact) mass is 292 g/mol. The number of primary amides is 1. The molecule has 0 aliphatic rings. The van der Waals surface area contributed by atoms with Gasteiger partial charge in [-0.1, -0.05) is 37.3 Å². The van der Waals surface area contributed by atoms with Crippen LogP contribution in [0.3, 0.4) is 0 Å². The lowest BCUT2D eigenvalue weighted by Crippen LogP contribution is -2.42. The van der Waals surface area contributed by atoms with Gasteiger partial charge in [-0.05, 0) is 19.4 Å². The van der Waals surface area contributed by atoms with Crippen LogP contribution in [0.2, 0.25) is 0 Å². The Labute approximate surface area is 126 Å². The van der Waals surface area contributed by atoms with Crippen LogP contribution in [0.5, 0.6) is 0 Å². The summed E-state index contributed by atoms with van der Waals surface area (Å²) in [6.45, 7) is 6.59. The van der Waals surface area contributed by atoms with E-state index in [1.54, 1.807) is 6.92 Å². The number of nitrogens with zero attached hydrogens (tertiary/aromatic N) is 1. The molecule has 5 nitrogen and oxygen atoms in total. The first-order chi connectivity index (χ1) is 9.90. The number of nitrogens with two attached hydrogens (primary N) is 1. The molecule has 1 rings (SSSR count). The fourth-order valence-corrected chi connectivity index (χ4v) is 1.96. The molecule has 0 aliphatic heterocycles. The van der Waals surface area contributed by atoms with Crippen LogP contribution in [-0.2, 0) is 20.9 Å². The maximum absolute atomic E-state index is 12.0. The highest BCUT2D eigenvalue weighted by Crippen LogP contribution is 2.08. The Balaban J connectivity index is 2.47. The molecule has 0 bridgehead atoms. The highest BCUT2D eigenvalue weighted by atomic mass is 16.5. The van der Waals surface area contributed by atoms with E-state index in [2.05, 4.69) is 0 Å². The average Bonchev–Trinajstić information content (AvgIpc) is 2.44. The van der Waals surface area contributed by atoms with E-state index < -0.39 is 5.91 Å². The van der Waals surface area contributed by atoms with Crippen LogP contribution >= 0.6 is 0 Å². The molecule has 0 saturated heterocycles. The first-order valence-electron chi connectivity index (χ1n) is 7.13. The first-order valence-corrected chi connectivity index (χ1v) is 7.13. The molecule has 5 heteroatoms. The topological polar surface area (TPSA) is 72.6 Å². The zero-order chi connectivity index (χ0) is 15.8. The van der Waals surface area contributed by atoms with E-state index in [9.17, 15) is 9.59 Å². The maximum Gasteiger partial charge on any atom is 0.310 e. The highest BCUT2D eigenvalue weighted by molar-refractivity contribution is 5.76. The van der Waals surface area contributed by atoms with Crippen molar-refractivity contribution in [2.45, 2.75) is 33.4 Å². The molecule has 1 aromatic rings. The van der Waals surface area contributed by atoms with Crippen LogP contribution in [0, 0.1) is 5.92 Å². The zero-order valence-corrected chi connectivity index (χ0v) is 12.9. The molecule has 0 saturated carbocycles. The van der Waals surface area contributed by atoms with Gasteiger partial charge < -0.3 is 10.5 Å². The molecule has 2 N–H and O–H groups in total. The predicted octanol–water partition coefficient (Wildman–Crippen LogP) is 1.56. The molecule has 1 unspecified atom stereocenters. The summed E-state index contributed by atoms with van der Waals surface area (Å²) < 4.78 is 5.29. The van der Waals surface area contributed by atoms with Crippen LogP contribution in [0.15, 0.2) is 30.3 Å². The second kappa shape index (κ2) is 8.42. The van der Waals surface area contributed by atoms with Gasteiger partial charge in [0.15, 0.2) is 0 Å². The van der Waals surface area contributed by atoms with E-state index in [0.29, 0.717) is 6.54 Å². The summed E-state index contributed by atoms with van der Waals surface area (Å²) in [7, 11) is 0. The fourth-order valence-electron chi connectivity index (χ4n) is 1.96. The van der Waals surface area contributed by atoms with Crippen LogP contribution < -0.4 is 5.73 Å². The molecule has 0 aliphatic carbocycles. The van der Waals surface area contributed by atoms with Crippen LogP contribution in [-0.4, -0.2) is 35.9 Å². The standard InChI is InChI=1S/C16H24N2O3/c1-12(2)18(10-15(17)19)9-13(3)16(20)21-11-14-7-5-4-6-8-14/h4-8,12-13H,9-11H2,1-3H3,(H2,17,19). The lowest BCUT2D eigenvalue weighted by Gasteiger charge is -2.27. The van der Waals surface area contributed by atoms with Gasteiger partial charge in [0.05, 0.1) is 12.5 Å². The van der Waals surface area contributed by atoms with Crippen LogP contribution in [0.25, 0.3) is 0 Å². The Morgan fingerprint density at radius 2 is 1.81 bits per heavy atom. The summed E-state index contributed by atoms with van der Waals surface area (Å²) in [6.07, 6.45) is 0. The van der Waals surface area contributed by atoms with Gasteiger partial charge >= 0.3 is 5.97 Å². The third-order valence-corrected chi connectivity index (χ3v) is 3.22. The van der Waals surface area contributed by atoms with Crippen molar-refractivity contribution in [1.29, 1.82) is 0 Å². The van der Waals surface area contributed by atoms with Crippen molar-refractivity contribution in [1.82, 2.24) is 4.90 Å². The van der Waals surface area contributed by atoms with Gasteiger partial charge in [-0.15, -0.1) is 0 Å². The summed E-state index contributed by atoms with van der Waals surface area (Å²) in [4.78, 5) is 24.9. The molecule has 116 valence electrons. The highest BCUT2D eigenvalue weighted by Gasteiger charge is 2.21. The van der Waals surface area contributed by atoms with Crippen LogP contribution in [0.1, 0.15) is 26.3 Å². The Bertz CT molecular complexity index is 460. The molecule has 21 heavy (non-hydrogen) atoms. The molecule has 0 fully saturated rings. The lowest BCUT2D eigenvalue weighted by molar-refractivity contribution is -0.150. The van der Waals surface area contributed by atoms with Crippen molar-refractivity contribution < 1.29 is 14.3 Å². The number of esters is 1. The van der Waals surface area contributed by atoms with Gasteiger partial charge in [0.1, 0.15) is 6.61 Å². The summed E-state index contributed by atoms with van der Waals surface area (Å²) >= 11 is 0. The van der Waals surface area contributed by atoms with Gasteiger partial charge in [0.25, 0.3) is 0 Å². The number of hydrogen-bond donors (Lipinski definition) is 1. The molecule has 1 aromatic carbocycles. The predicted molar refractivity (Wildman–Crippen MR) is 81.3 cm³/mol. The van der Waals surface area contributed by atoms with E-state index in [1.807, 2.05) is 49.1 Å². The minimum absolute atomic E-state index is 0.141. The normalized spacial score (nSPS) is 12.4. The Hall–Kier alpha value is -1.88. The Morgan fingerprint density at radius 1 is 1.19 bits per heavy atom. The number of carbonyl (C=O) groups is 2.